The molecule has 4 heterocycles. The zero-order valence-corrected chi connectivity index (χ0v) is 23.4. The van der Waals surface area contributed by atoms with Gasteiger partial charge in [-0.3, -0.25) is 9.36 Å². The molecule has 1 saturated heterocycles. The van der Waals surface area contributed by atoms with Crippen LogP contribution in [0.4, 0.5) is 21.7 Å². The summed E-state index contributed by atoms with van der Waals surface area (Å²) in [7, 11) is 0. The molecule has 0 unspecified atom stereocenters. The van der Waals surface area contributed by atoms with Crippen molar-refractivity contribution in [3.63, 3.8) is 0 Å². The Hall–Kier alpha value is -4.15. The molecular formula is C30H30FN7OS. The average Bonchev–Trinajstić information content (AvgIpc) is 3.48. The lowest BCUT2D eigenvalue weighted by molar-refractivity contribution is 0.566. The normalized spacial score (nSPS) is 13.8. The van der Waals surface area contributed by atoms with Crippen molar-refractivity contribution < 1.29 is 4.39 Å². The first-order valence-electron chi connectivity index (χ1n) is 13.3. The van der Waals surface area contributed by atoms with Gasteiger partial charge in [-0.2, -0.15) is 4.98 Å². The molecule has 10 heteroatoms. The van der Waals surface area contributed by atoms with Crippen LogP contribution in [0.1, 0.15) is 25.5 Å². The monoisotopic (exact) mass is 555 g/mol. The van der Waals surface area contributed by atoms with E-state index in [4.69, 9.17) is 4.98 Å². The summed E-state index contributed by atoms with van der Waals surface area (Å²) >= 11 is 1.54. The van der Waals surface area contributed by atoms with E-state index in [1.807, 2.05) is 55.3 Å². The number of hydrogen-bond acceptors (Lipinski definition) is 8. The summed E-state index contributed by atoms with van der Waals surface area (Å²) in [6, 6.07) is 12.8. The summed E-state index contributed by atoms with van der Waals surface area (Å²) in [6.45, 7) is 9.14. The van der Waals surface area contributed by atoms with Gasteiger partial charge in [0, 0.05) is 72.2 Å². The molecule has 3 aromatic heterocycles. The summed E-state index contributed by atoms with van der Waals surface area (Å²) < 4.78 is 16.7. The third-order valence-corrected chi connectivity index (χ3v) is 7.89. The first-order chi connectivity index (χ1) is 19.4. The van der Waals surface area contributed by atoms with Crippen molar-refractivity contribution in [2.75, 3.05) is 36.4 Å². The zero-order valence-electron chi connectivity index (χ0n) is 22.6. The molecule has 0 bridgehead atoms. The second-order valence-corrected chi connectivity index (χ2v) is 11.1. The maximum absolute atomic E-state index is 15.0. The molecular weight excluding hydrogens is 525 g/mol. The molecule has 0 atom stereocenters. The Balaban J connectivity index is 1.39. The lowest BCUT2D eigenvalue weighted by Gasteiger charge is -2.29. The minimum absolute atomic E-state index is 0.139. The maximum Gasteiger partial charge on any atom is 0.260 e. The van der Waals surface area contributed by atoms with Gasteiger partial charge in [0.1, 0.15) is 16.5 Å². The standard InChI is InChI=1S/C30H30FN7OS/c1-18(2)38-27-20(15-24(29(38)39)22-6-4-19(3)14-23(22)28-33-10-13-40-28)17-34-30(36-27)35-21-5-7-26(25(31)16-21)37-11-8-32-9-12-37/h4-7,10,13-18,32H,8-9,11-12H2,1-3H3,(H,34,35,36). The number of halogens is 1. The van der Waals surface area contributed by atoms with Crippen LogP contribution < -0.4 is 21.1 Å². The second kappa shape index (κ2) is 10.8. The van der Waals surface area contributed by atoms with Gasteiger partial charge < -0.3 is 15.5 Å². The number of benzene rings is 2. The summed E-state index contributed by atoms with van der Waals surface area (Å²) in [4.78, 5) is 29.7. The number of anilines is 3. The van der Waals surface area contributed by atoms with Gasteiger partial charge in [-0.15, -0.1) is 11.3 Å². The first kappa shape index (κ1) is 26.1. The van der Waals surface area contributed by atoms with Crippen LogP contribution in [-0.4, -0.2) is 45.7 Å². The van der Waals surface area contributed by atoms with Crippen LogP contribution in [0.3, 0.4) is 0 Å². The van der Waals surface area contributed by atoms with Crippen molar-refractivity contribution in [3.8, 4) is 21.7 Å². The predicted molar refractivity (Wildman–Crippen MR) is 160 cm³/mol. The molecule has 0 radical (unpaired) electrons. The number of aryl methyl sites for hydroxylation is 1. The van der Waals surface area contributed by atoms with Gasteiger partial charge in [-0.25, -0.2) is 14.4 Å². The van der Waals surface area contributed by atoms with Crippen LogP contribution in [0.5, 0.6) is 0 Å². The molecule has 0 aliphatic carbocycles. The SMILES string of the molecule is Cc1ccc(-c2cc3cnc(Nc4ccc(N5CCNCC5)c(F)c4)nc3n(C(C)C)c2=O)c(-c2nccs2)c1. The van der Waals surface area contributed by atoms with Crippen molar-refractivity contribution in [1.29, 1.82) is 0 Å². The van der Waals surface area contributed by atoms with Crippen LogP contribution in [0.15, 0.2) is 65.0 Å². The minimum Gasteiger partial charge on any atom is -0.367 e. The van der Waals surface area contributed by atoms with Crippen molar-refractivity contribution >= 4 is 39.7 Å². The van der Waals surface area contributed by atoms with E-state index < -0.39 is 0 Å². The van der Waals surface area contributed by atoms with Gasteiger partial charge in [0.2, 0.25) is 5.95 Å². The van der Waals surface area contributed by atoms with Gasteiger partial charge in [-0.1, -0.05) is 17.7 Å². The molecule has 1 aliphatic rings. The number of fused-ring (bicyclic) bond motifs is 1. The Morgan fingerprint density at radius 2 is 1.85 bits per heavy atom. The van der Waals surface area contributed by atoms with Gasteiger partial charge in [0.25, 0.3) is 5.56 Å². The molecule has 0 amide bonds. The van der Waals surface area contributed by atoms with Gasteiger partial charge in [0.15, 0.2) is 0 Å². The number of aromatic nitrogens is 4. The maximum atomic E-state index is 15.0. The van der Waals surface area contributed by atoms with Crippen LogP contribution >= 0.6 is 11.3 Å². The largest absolute Gasteiger partial charge is 0.367 e. The van der Waals surface area contributed by atoms with Gasteiger partial charge in [0.05, 0.1) is 5.69 Å². The fourth-order valence-electron chi connectivity index (χ4n) is 5.15. The zero-order chi connectivity index (χ0) is 27.8. The van der Waals surface area contributed by atoms with Gasteiger partial charge >= 0.3 is 0 Å². The third-order valence-electron chi connectivity index (χ3n) is 7.08. The highest BCUT2D eigenvalue weighted by Gasteiger charge is 2.20. The lowest BCUT2D eigenvalue weighted by atomic mass is 9.98. The van der Waals surface area contributed by atoms with Crippen molar-refractivity contribution in [1.82, 2.24) is 24.8 Å². The summed E-state index contributed by atoms with van der Waals surface area (Å²) in [5, 5.41) is 9.93. The molecule has 2 N–H and O–H groups in total. The number of pyridine rings is 1. The number of nitrogens with zero attached hydrogens (tertiary/aromatic N) is 5. The number of piperazine rings is 1. The molecule has 8 nitrogen and oxygen atoms in total. The second-order valence-electron chi connectivity index (χ2n) is 10.2. The van der Waals surface area contributed by atoms with Crippen LogP contribution in [0.25, 0.3) is 32.7 Å². The molecule has 40 heavy (non-hydrogen) atoms. The number of rotatable bonds is 6. The Morgan fingerprint density at radius 3 is 2.58 bits per heavy atom. The molecule has 1 fully saturated rings. The van der Waals surface area contributed by atoms with Crippen molar-refractivity contribution in [3.05, 3.63) is 82.0 Å². The Kier molecular flexibility index (Phi) is 7.03. The van der Waals surface area contributed by atoms with Crippen LogP contribution in [0.2, 0.25) is 0 Å². The topological polar surface area (TPSA) is 88.0 Å². The van der Waals surface area contributed by atoms with E-state index in [1.165, 1.54) is 6.07 Å². The molecule has 0 saturated carbocycles. The summed E-state index contributed by atoms with van der Waals surface area (Å²) in [6.07, 6.45) is 3.47. The molecule has 1 aliphatic heterocycles. The number of nitrogens with one attached hydrogen (secondary N) is 2. The fraction of sp³-hybridized carbons (Fsp3) is 0.267. The summed E-state index contributed by atoms with van der Waals surface area (Å²) in [5.74, 6) is -0.00673. The number of thiazole rings is 1. The predicted octanol–water partition coefficient (Wildman–Crippen LogP) is 5.76. The Labute approximate surface area is 235 Å². The van der Waals surface area contributed by atoms with Crippen molar-refractivity contribution in [2.24, 2.45) is 0 Å². The Morgan fingerprint density at radius 1 is 1.02 bits per heavy atom. The lowest BCUT2D eigenvalue weighted by Crippen LogP contribution is -2.43. The van der Waals surface area contributed by atoms with Crippen LogP contribution in [-0.2, 0) is 0 Å². The molecule has 204 valence electrons. The van der Waals surface area contributed by atoms with Crippen LogP contribution in [0, 0.1) is 12.7 Å². The quantitative estimate of drug-likeness (QED) is 0.275. The van der Waals surface area contributed by atoms with E-state index in [-0.39, 0.29) is 17.4 Å². The van der Waals surface area contributed by atoms with E-state index in [0.29, 0.717) is 28.5 Å². The fourth-order valence-corrected chi connectivity index (χ4v) is 5.82. The minimum atomic E-state index is -0.300. The Bertz CT molecular complexity index is 1740. The molecule has 6 rings (SSSR count). The van der Waals surface area contributed by atoms with E-state index in [9.17, 15) is 9.18 Å². The molecule has 2 aromatic carbocycles. The van der Waals surface area contributed by atoms with Gasteiger partial charge in [-0.05, 0) is 56.7 Å². The third kappa shape index (κ3) is 4.96. The average molecular weight is 556 g/mol. The van der Waals surface area contributed by atoms with E-state index in [1.54, 1.807) is 34.4 Å². The van der Waals surface area contributed by atoms with E-state index in [0.717, 1.165) is 53.3 Å². The number of hydrogen-bond donors (Lipinski definition) is 2. The van der Waals surface area contributed by atoms with E-state index >= 15 is 0 Å². The smallest absolute Gasteiger partial charge is 0.260 e. The summed E-state index contributed by atoms with van der Waals surface area (Å²) in [5.41, 5.74) is 4.91. The van der Waals surface area contributed by atoms with Crippen molar-refractivity contribution in [2.45, 2.75) is 26.8 Å². The molecule has 5 aromatic rings. The highest BCUT2D eigenvalue weighted by Crippen LogP contribution is 2.34. The highest BCUT2D eigenvalue weighted by atomic mass is 32.1. The highest BCUT2D eigenvalue weighted by molar-refractivity contribution is 7.13. The van der Waals surface area contributed by atoms with E-state index in [2.05, 4.69) is 26.7 Å². The first-order valence-corrected chi connectivity index (χ1v) is 14.2. The molecule has 0 spiro atoms.